The number of halogens is 4. The lowest BCUT2D eigenvalue weighted by atomic mass is 10.1. The lowest BCUT2D eigenvalue weighted by Crippen LogP contribution is -2.35. The van der Waals surface area contributed by atoms with E-state index in [4.69, 9.17) is 39.1 Å². The highest BCUT2D eigenvalue weighted by molar-refractivity contribution is 6.34. The summed E-state index contributed by atoms with van der Waals surface area (Å²) in [6, 6.07) is 5.50. The van der Waals surface area contributed by atoms with Gasteiger partial charge in [-0.25, -0.2) is 8.78 Å². The van der Waals surface area contributed by atoms with E-state index in [9.17, 15) is 13.6 Å². The van der Waals surface area contributed by atoms with Crippen LogP contribution in [0.5, 0.6) is 0 Å². The molecule has 0 fully saturated rings. The van der Waals surface area contributed by atoms with Gasteiger partial charge in [-0.05, 0) is 48.8 Å². The first-order chi connectivity index (χ1) is 13.8. The first-order valence-corrected chi connectivity index (χ1v) is 9.39. The number of hydrogen-bond acceptors (Lipinski definition) is 6. The number of likely N-dealkylation sites (N-methyl/N-ethyl adjacent to an activating group) is 1. The van der Waals surface area contributed by atoms with Crippen molar-refractivity contribution in [1.82, 2.24) is 10.6 Å². The Morgan fingerprint density at radius 2 is 1.93 bits per heavy atom. The quantitative estimate of drug-likeness (QED) is 0.462. The fourth-order valence-electron chi connectivity index (χ4n) is 2.39. The lowest BCUT2D eigenvalue weighted by molar-refractivity contribution is 0.110. The Kier molecular flexibility index (Phi) is 10.9. The fraction of sp³-hybridized carbons (Fsp3) is 0.316. The minimum absolute atomic E-state index is 0.0971. The third-order valence-electron chi connectivity index (χ3n) is 3.95. The molecule has 1 unspecified atom stereocenters. The molecule has 1 aromatic carbocycles. The van der Waals surface area contributed by atoms with Gasteiger partial charge in [-0.2, -0.15) is 0 Å². The van der Waals surface area contributed by atoms with Crippen molar-refractivity contribution in [2.75, 3.05) is 27.2 Å². The molecule has 0 spiro atoms. The molecule has 1 aromatic heterocycles. The van der Waals surface area contributed by atoms with Crippen LogP contribution in [-0.4, -0.2) is 39.5 Å². The summed E-state index contributed by atoms with van der Waals surface area (Å²) in [5.74, 6) is -1.49. The van der Waals surface area contributed by atoms with Crippen LogP contribution in [0.3, 0.4) is 0 Å². The smallest absolute Gasteiger partial charge is 0.203 e. The van der Waals surface area contributed by atoms with Gasteiger partial charge in [0.1, 0.15) is 0 Å². The van der Waals surface area contributed by atoms with E-state index in [2.05, 4.69) is 10.6 Å². The van der Waals surface area contributed by atoms with Gasteiger partial charge < -0.3 is 26.5 Å². The summed E-state index contributed by atoms with van der Waals surface area (Å²) in [5.41, 5.74) is 12.7. The molecule has 0 radical (unpaired) electrons. The van der Waals surface area contributed by atoms with Crippen LogP contribution in [0.15, 0.2) is 33.7 Å². The monoisotopic (exact) mass is 448 g/mol. The van der Waals surface area contributed by atoms with Crippen LogP contribution >= 0.6 is 23.2 Å². The van der Waals surface area contributed by atoms with Crippen molar-refractivity contribution < 1.29 is 18.0 Å². The highest BCUT2D eigenvalue weighted by Gasteiger charge is 2.14. The molecule has 6 N–H and O–H groups in total. The van der Waals surface area contributed by atoms with Crippen LogP contribution < -0.4 is 22.1 Å². The summed E-state index contributed by atoms with van der Waals surface area (Å²) in [4.78, 5) is 10.5. The Bertz CT molecular complexity index is 840. The zero-order valence-electron chi connectivity index (χ0n) is 16.1. The second-order valence-electron chi connectivity index (χ2n) is 5.86. The fourth-order valence-corrected chi connectivity index (χ4v) is 2.82. The molecule has 1 atom stereocenters. The Labute approximate surface area is 178 Å². The topological polar surface area (TPSA) is 106 Å². The Balaban J connectivity index is 0.000000291. The van der Waals surface area contributed by atoms with Crippen molar-refractivity contribution in [2.24, 2.45) is 11.5 Å². The molecule has 10 heteroatoms. The third kappa shape index (κ3) is 7.41. The van der Waals surface area contributed by atoms with Gasteiger partial charge in [0.05, 0.1) is 16.3 Å². The van der Waals surface area contributed by atoms with Gasteiger partial charge in [0, 0.05) is 26.2 Å². The standard InChI is InChI=1S/C10H14F2N2.C9H10Cl2N2O2/c1-14-8(6-13)4-7-2-3-9(11)10(12)5-7;1-13-8(7(10)3-12)6-2-5(4-14)15-9(6)11/h2-3,5,8,14H,4,6,13H2,1H3;2,4,13H,3,12H2,1H3/b;8-7+. The van der Waals surface area contributed by atoms with E-state index in [1.165, 1.54) is 12.1 Å². The summed E-state index contributed by atoms with van der Waals surface area (Å²) in [5, 5.41) is 6.37. The van der Waals surface area contributed by atoms with Gasteiger partial charge >= 0.3 is 0 Å². The van der Waals surface area contributed by atoms with E-state index >= 15 is 0 Å². The number of furan rings is 1. The number of carbonyl (C=O) groups is 1. The van der Waals surface area contributed by atoms with Gasteiger partial charge in [0.15, 0.2) is 23.7 Å². The molecule has 2 rings (SSSR count). The minimum atomic E-state index is -0.817. The highest BCUT2D eigenvalue weighted by Crippen LogP contribution is 2.28. The molecule has 0 saturated heterocycles. The van der Waals surface area contributed by atoms with Crippen molar-refractivity contribution in [3.05, 3.63) is 63.0 Å². The first-order valence-electron chi connectivity index (χ1n) is 8.63. The molecule has 2 aromatic rings. The molecule has 6 nitrogen and oxygen atoms in total. The molecule has 160 valence electrons. The largest absolute Gasteiger partial charge is 0.441 e. The predicted molar refractivity (Wildman–Crippen MR) is 112 cm³/mol. The van der Waals surface area contributed by atoms with Crippen LogP contribution in [0.25, 0.3) is 5.70 Å². The van der Waals surface area contributed by atoms with Crippen LogP contribution in [0, 0.1) is 11.6 Å². The maximum atomic E-state index is 12.8. The summed E-state index contributed by atoms with van der Waals surface area (Å²) < 4.78 is 30.4. The molecule has 0 aliphatic rings. The molecule has 0 bridgehead atoms. The number of carbonyl (C=O) groups excluding carboxylic acids is 1. The van der Waals surface area contributed by atoms with E-state index in [0.717, 1.165) is 11.6 Å². The highest BCUT2D eigenvalue weighted by atomic mass is 35.5. The van der Waals surface area contributed by atoms with Gasteiger partial charge in [0.2, 0.25) is 5.22 Å². The first kappa shape index (κ1) is 25.1. The van der Waals surface area contributed by atoms with Crippen molar-refractivity contribution in [3.8, 4) is 0 Å². The summed E-state index contributed by atoms with van der Waals surface area (Å²) in [7, 11) is 3.47. The van der Waals surface area contributed by atoms with E-state index < -0.39 is 11.6 Å². The number of rotatable bonds is 8. The molecule has 0 saturated carbocycles. The van der Waals surface area contributed by atoms with Crippen molar-refractivity contribution >= 4 is 35.2 Å². The molecular weight excluding hydrogens is 425 g/mol. The average molecular weight is 449 g/mol. The van der Waals surface area contributed by atoms with Gasteiger partial charge in [-0.1, -0.05) is 17.7 Å². The zero-order chi connectivity index (χ0) is 22.0. The van der Waals surface area contributed by atoms with Gasteiger partial charge in [-0.3, -0.25) is 4.79 Å². The zero-order valence-corrected chi connectivity index (χ0v) is 17.6. The Morgan fingerprint density at radius 3 is 2.38 bits per heavy atom. The molecule has 1 heterocycles. The van der Waals surface area contributed by atoms with E-state index in [0.29, 0.717) is 35.5 Å². The van der Waals surface area contributed by atoms with Crippen LogP contribution in [0.4, 0.5) is 8.78 Å². The molecule has 29 heavy (non-hydrogen) atoms. The number of benzene rings is 1. The summed E-state index contributed by atoms with van der Waals surface area (Å²) in [6.45, 7) is 0.644. The minimum Gasteiger partial charge on any atom is -0.441 e. The van der Waals surface area contributed by atoms with Crippen molar-refractivity contribution in [2.45, 2.75) is 12.5 Å². The van der Waals surface area contributed by atoms with Crippen LogP contribution in [0.1, 0.15) is 21.7 Å². The average Bonchev–Trinajstić information content (AvgIpc) is 3.10. The maximum Gasteiger partial charge on any atom is 0.203 e. The summed E-state index contributed by atoms with van der Waals surface area (Å²) >= 11 is 11.7. The van der Waals surface area contributed by atoms with Crippen molar-refractivity contribution in [1.29, 1.82) is 0 Å². The number of nitrogens with two attached hydrogens (primary N) is 2. The second kappa shape index (κ2) is 12.6. The van der Waals surface area contributed by atoms with E-state index in [-0.39, 0.29) is 23.6 Å². The normalized spacial score (nSPS) is 12.6. The Morgan fingerprint density at radius 1 is 1.24 bits per heavy atom. The van der Waals surface area contributed by atoms with E-state index in [1.54, 1.807) is 20.2 Å². The molecule has 0 aliphatic heterocycles. The molecule has 0 amide bonds. The molecule has 0 aliphatic carbocycles. The second-order valence-corrected chi connectivity index (χ2v) is 6.66. The SMILES string of the molecule is CN/C(=C(/Cl)CN)c1cc(C=O)oc1Cl.CNC(CN)Cc1ccc(F)c(F)c1. The lowest BCUT2D eigenvalue weighted by Gasteiger charge is -2.13. The van der Waals surface area contributed by atoms with Gasteiger partial charge in [-0.15, -0.1) is 0 Å². The van der Waals surface area contributed by atoms with Gasteiger partial charge in [0.25, 0.3) is 0 Å². The Hall–Kier alpha value is -1.97. The number of hydrogen-bond donors (Lipinski definition) is 4. The van der Waals surface area contributed by atoms with Crippen LogP contribution in [0.2, 0.25) is 5.22 Å². The third-order valence-corrected chi connectivity index (χ3v) is 4.57. The predicted octanol–water partition coefficient (Wildman–Crippen LogP) is 2.89. The summed E-state index contributed by atoms with van der Waals surface area (Å²) in [6.07, 6.45) is 1.17. The van der Waals surface area contributed by atoms with Crippen LogP contribution in [-0.2, 0) is 6.42 Å². The van der Waals surface area contributed by atoms with Crippen molar-refractivity contribution in [3.63, 3.8) is 0 Å². The van der Waals surface area contributed by atoms with E-state index in [1.807, 2.05) is 0 Å². The number of aldehydes is 1. The maximum absolute atomic E-state index is 12.8. The number of nitrogens with one attached hydrogen (secondary N) is 2. The molecular formula is C19H24Cl2F2N4O2.